The first-order valence-corrected chi connectivity index (χ1v) is 5.52. The molecule has 0 saturated carbocycles. The minimum absolute atomic E-state index is 0. The van der Waals surface area contributed by atoms with Crippen molar-refractivity contribution in [2.24, 2.45) is 5.73 Å². The zero-order valence-electron chi connectivity index (χ0n) is 10.4. The number of methoxy groups -OCH3 is 1. The molecule has 1 saturated heterocycles. The summed E-state index contributed by atoms with van der Waals surface area (Å²) in [5, 5.41) is 0. The lowest BCUT2D eigenvalue weighted by Gasteiger charge is -2.30. The molecule has 0 amide bonds. The Labute approximate surface area is 104 Å². The maximum Gasteiger partial charge on any atom is 0.307 e. The first kappa shape index (κ1) is 15.7. The van der Waals surface area contributed by atoms with Gasteiger partial charge in [-0.2, -0.15) is 0 Å². The molecule has 0 spiro atoms. The lowest BCUT2D eigenvalue weighted by Crippen LogP contribution is -2.47. The standard InChI is InChI=1S/C11H22N2O2.ClH/c1-11(2,12)8-13-6-4-5-9(13)7-10(14)15-3;/h9H,4-8,12H2,1-3H3;1H. The molecule has 2 N–H and O–H groups in total. The molecule has 0 aromatic carbocycles. The normalized spacial score (nSPS) is 21.6. The van der Waals surface area contributed by atoms with Crippen LogP contribution >= 0.6 is 12.4 Å². The average molecular weight is 251 g/mol. The smallest absolute Gasteiger partial charge is 0.307 e. The Kier molecular flexibility index (Phi) is 6.30. The summed E-state index contributed by atoms with van der Waals surface area (Å²) in [5.41, 5.74) is 5.79. The number of halogens is 1. The van der Waals surface area contributed by atoms with Crippen molar-refractivity contribution < 1.29 is 9.53 Å². The van der Waals surface area contributed by atoms with Crippen LogP contribution in [0.5, 0.6) is 0 Å². The van der Waals surface area contributed by atoms with E-state index in [0.717, 1.165) is 25.9 Å². The second-order valence-corrected chi connectivity index (χ2v) is 5.04. The molecular formula is C11H23ClN2O2. The third kappa shape index (κ3) is 5.14. The van der Waals surface area contributed by atoms with Crippen molar-refractivity contribution in [3.05, 3.63) is 0 Å². The van der Waals surface area contributed by atoms with Crippen LogP contribution in [0.2, 0.25) is 0 Å². The van der Waals surface area contributed by atoms with E-state index in [2.05, 4.69) is 4.90 Å². The number of ether oxygens (including phenoxy) is 1. The Morgan fingerprint density at radius 1 is 1.56 bits per heavy atom. The van der Waals surface area contributed by atoms with Crippen molar-refractivity contribution >= 4 is 18.4 Å². The van der Waals surface area contributed by atoms with E-state index in [1.807, 2.05) is 13.8 Å². The maximum absolute atomic E-state index is 11.2. The molecular weight excluding hydrogens is 228 g/mol. The zero-order valence-corrected chi connectivity index (χ0v) is 11.2. The predicted octanol–water partition coefficient (Wildman–Crippen LogP) is 1.17. The highest BCUT2D eigenvalue weighted by atomic mass is 35.5. The fraction of sp³-hybridized carbons (Fsp3) is 0.909. The number of carbonyl (C=O) groups excluding carboxylic acids is 1. The van der Waals surface area contributed by atoms with E-state index < -0.39 is 0 Å². The van der Waals surface area contributed by atoms with Crippen LogP contribution in [-0.4, -0.2) is 42.6 Å². The Bertz CT molecular complexity index is 229. The Morgan fingerprint density at radius 3 is 2.69 bits per heavy atom. The number of rotatable bonds is 4. The lowest BCUT2D eigenvalue weighted by molar-refractivity contribution is -0.141. The highest BCUT2D eigenvalue weighted by Gasteiger charge is 2.29. The van der Waals surface area contributed by atoms with Crippen LogP contribution in [0.1, 0.15) is 33.1 Å². The number of carbonyl (C=O) groups is 1. The third-order valence-electron chi connectivity index (χ3n) is 2.74. The summed E-state index contributed by atoms with van der Waals surface area (Å²) < 4.78 is 4.69. The van der Waals surface area contributed by atoms with Crippen LogP contribution in [-0.2, 0) is 9.53 Å². The van der Waals surface area contributed by atoms with E-state index in [9.17, 15) is 4.79 Å². The van der Waals surface area contributed by atoms with E-state index >= 15 is 0 Å². The van der Waals surface area contributed by atoms with Crippen LogP contribution in [0.15, 0.2) is 0 Å². The molecule has 1 rings (SSSR count). The van der Waals surface area contributed by atoms with E-state index in [4.69, 9.17) is 10.5 Å². The third-order valence-corrected chi connectivity index (χ3v) is 2.74. The molecule has 1 aliphatic rings. The van der Waals surface area contributed by atoms with Crippen molar-refractivity contribution in [3.8, 4) is 0 Å². The van der Waals surface area contributed by atoms with Gasteiger partial charge in [0.25, 0.3) is 0 Å². The van der Waals surface area contributed by atoms with E-state index in [1.54, 1.807) is 0 Å². The van der Waals surface area contributed by atoms with Crippen LogP contribution in [0.3, 0.4) is 0 Å². The first-order valence-electron chi connectivity index (χ1n) is 5.52. The Balaban J connectivity index is 0.00000225. The molecule has 0 radical (unpaired) electrons. The van der Waals surface area contributed by atoms with Gasteiger partial charge in [-0.05, 0) is 33.2 Å². The van der Waals surface area contributed by atoms with Crippen molar-refractivity contribution in [3.63, 3.8) is 0 Å². The highest BCUT2D eigenvalue weighted by molar-refractivity contribution is 5.85. The molecule has 1 aliphatic heterocycles. The summed E-state index contributed by atoms with van der Waals surface area (Å²) in [7, 11) is 1.44. The van der Waals surface area contributed by atoms with Crippen LogP contribution < -0.4 is 5.73 Å². The number of nitrogens with two attached hydrogens (primary N) is 1. The summed E-state index contributed by atoms with van der Waals surface area (Å²) >= 11 is 0. The van der Waals surface area contributed by atoms with Gasteiger partial charge in [-0.15, -0.1) is 12.4 Å². The lowest BCUT2D eigenvalue weighted by atomic mass is 10.1. The van der Waals surface area contributed by atoms with Gasteiger partial charge in [-0.1, -0.05) is 0 Å². The number of nitrogens with zero attached hydrogens (tertiary/aromatic N) is 1. The van der Waals surface area contributed by atoms with Crippen LogP contribution in [0.25, 0.3) is 0 Å². The van der Waals surface area contributed by atoms with Crippen molar-refractivity contribution in [2.45, 2.75) is 44.7 Å². The minimum atomic E-state index is -0.196. The van der Waals surface area contributed by atoms with Crippen LogP contribution in [0.4, 0.5) is 0 Å². The highest BCUT2D eigenvalue weighted by Crippen LogP contribution is 2.21. The molecule has 96 valence electrons. The summed E-state index contributed by atoms with van der Waals surface area (Å²) in [4.78, 5) is 13.5. The van der Waals surface area contributed by atoms with Gasteiger partial charge in [0.1, 0.15) is 0 Å². The van der Waals surface area contributed by atoms with Crippen LogP contribution in [0, 0.1) is 0 Å². The number of hydrogen-bond donors (Lipinski definition) is 1. The fourth-order valence-electron chi connectivity index (χ4n) is 2.13. The minimum Gasteiger partial charge on any atom is -0.469 e. The SMILES string of the molecule is COC(=O)CC1CCCN1CC(C)(C)N.Cl. The first-order chi connectivity index (χ1) is 6.92. The van der Waals surface area contributed by atoms with Crippen molar-refractivity contribution in [1.29, 1.82) is 0 Å². The molecule has 0 aromatic heterocycles. The van der Waals surface area contributed by atoms with Crippen molar-refractivity contribution in [2.75, 3.05) is 20.2 Å². The average Bonchev–Trinajstić information content (AvgIpc) is 2.50. The van der Waals surface area contributed by atoms with E-state index in [0.29, 0.717) is 12.5 Å². The molecule has 1 atom stereocenters. The largest absolute Gasteiger partial charge is 0.469 e. The van der Waals surface area contributed by atoms with Gasteiger partial charge in [-0.3, -0.25) is 9.69 Å². The van der Waals surface area contributed by atoms with Gasteiger partial charge in [0.15, 0.2) is 0 Å². The van der Waals surface area contributed by atoms with E-state index in [-0.39, 0.29) is 23.9 Å². The van der Waals surface area contributed by atoms with Gasteiger partial charge in [0.2, 0.25) is 0 Å². The molecule has 1 fully saturated rings. The molecule has 16 heavy (non-hydrogen) atoms. The topological polar surface area (TPSA) is 55.6 Å². The molecule has 5 heteroatoms. The number of likely N-dealkylation sites (tertiary alicyclic amines) is 1. The summed E-state index contributed by atoms with van der Waals surface area (Å²) in [6.07, 6.45) is 2.72. The van der Waals surface area contributed by atoms with E-state index in [1.165, 1.54) is 7.11 Å². The molecule has 0 aliphatic carbocycles. The number of hydrogen-bond acceptors (Lipinski definition) is 4. The van der Waals surface area contributed by atoms with Gasteiger partial charge in [0, 0.05) is 18.1 Å². The molecule has 1 unspecified atom stereocenters. The Hall–Kier alpha value is -0.320. The molecule has 0 aromatic rings. The zero-order chi connectivity index (χ0) is 11.5. The monoisotopic (exact) mass is 250 g/mol. The second kappa shape index (κ2) is 6.42. The quantitative estimate of drug-likeness (QED) is 0.762. The van der Waals surface area contributed by atoms with Gasteiger partial charge in [0.05, 0.1) is 13.5 Å². The Morgan fingerprint density at radius 2 is 2.19 bits per heavy atom. The fourth-order valence-corrected chi connectivity index (χ4v) is 2.13. The van der Waals surface area contributed by atoms with Gasteiger partial charge < -0.3 is 10.5 Å². The maximum atomic E-state index is 11.2. The molecule has 1 heterocycles. The summed E-state index contributed by atoms with van der Waals surface area (Å²) in [5.74, 6) is -0.123. The van der Waals surface area contributed by atoms with Crippen molar-refractivity contribution in [1.82, 2.24) is 4.90 Å². The van der Waals surface area contributed by atoms with Gasteiger partial charge >= 0.3 is 5.97 Å². The number of esters is 1. The summed E-state index contributed by atoms with van der Waals surface area (Å²) in [6, 6.07) is 0.320. The predicted molar refractivity (Wildman–Crippen MR) is 66.7 cm³/mol. The second-order valence-electron chi connectivity index (χ2n) is 5.04. The molecule has 4 nitrogen and oxygen atoms in total. The summed E-state index contributed by atoms with van der Waals surface area (Å²) in [6.45, 7) is 5.91. The molecule has 0 bridgehead atoms. The van der Waals surface area contributed by atoms with Gasteiger partial charge in [-0.25, -0.2) is 0 Å².